The number of anilines is 2. The number of hydrogen-bond acceptors (Lipinski definition) is 5. The average molecular weight is 648 g/mol. The standard InChI is InChI=1S/C40H45N3O5/c1-6-23-41(30-17-13-10-14-18-30)36(45)33-34-37(46)43(32(26-44)29-15-11-9-12-16-29)35(40(34)22-21-39(33,8-3)48-40)38(47)42(24-7-2)31-25-27(4)19-20-28(31)5/h6-7,9-20,25,32-35,44H,1-2,8,21-24,26H2,3-5H3/t32-,33+,34+,35?,39-,40?/m1/s1. The Morgan fingerprint density at radius 2 is 1.60 bits per heavy atom. The van der Waals surface area contributed by atoms with Gasteiger partial charge in [0.15, 0.2) is 0 Å². The number of hydrogen-bond donors (Lipinski definition) is 1. The highest BCUT2D eigenvalue weighted by Gasteiger charge is 2.79. The lowest BCUT2D eigenvalue weighted by atomic mass is 9.64. The van der Waals surface area contributed by atoms with Gasteiger partial charge in [0.2, 0.25) is 11.8 Å². The lowest BCUT2D eigenvalue weighted by Crippen LogP contribution is -2.57. The van der Waals surface area contributed by atoms with Crippen LogP contribution in [0.4, 0.5) is 11.4 Å². The van der Waals surface area contributed by atoms with Gasteiger partial charge in [-0.2, -0.15) is 0 Å². The fourth-order valence-corrected chi connectivity index (χ4v) is 8.50. The van der Waals surface area contributed by atoms with E-state index in [1.54, 1.807) is 22.0 Å². The molecule has 3 aromatic carbocycles. The maximum absolute atomic E-state index is 15.3. The second kappa shape index (κ2) is 13.2. The summed E-state index contributed by atoms with van der Waals surface area (Å²) in [5.74, 6) is -2.66. The maximum Gasteiger partial charge on any atom is 0.253 e. The first-order chi connectivity index (χ1) is 23.2. The Morgan fingerprint density at radius 1 is 0.958 bits per heavy atom. The van der Waals surface area contributed by atoms with Crippen LogP contribution in [-0.2, 0) is 19.1 Å². The van der Waals surface area contributed by atoms with Crippen LogP contribution in [0.25, 0.3) is 0 Å². The third-order valence-corrected chi connectivity index (χ3v) is 10.7. The molecule has 3 saturated heterocycles. The van der Waals surface area contributed by atoms with Crippen molar-refractivity contribution in [3.05, 3.63) is 121 Å². The van der Waals surface area contributed by atoms with Crippen LogP contribution in [0.3, 0.4) is 0 Å². The molecule has 0 aliphatic carbocycles. The number of carbonyl (C=O) groups excluding carboxylic acids is 3. The third kappa shape index (κ3) is 5.18. The van der Waals surface area contributed by atoms with Crippen molar-refractivity contribution in [2.45, 2.75) is 63.3 Å². The predicted molar refractivity (Wildman–Crippen MR) is 187 cm³/mol. The zero-order chi connectivity index (χ0) is 34.2. The molecule has 2 unspecified atom stereocenters. The molecule has 0 radical (unpaired) electrons. The summed E-state index contributed by atoms with van der Waals surface area (Å²) in [4.78, 5) is 50.2. The van der Waals surface area contributed by atoms with Crippen molar-refractivity contribution in [1.82, 2.24) is 4.90 Å². The van der Waals surface area contributed by atoms with Gasteiger partial charge < -0.3 is 24.5 Å². The number of nitrogens with zero attached hydrogens (tertiary/aromatic N) is 3. The van der Waals surface area contributed by atoms with E-state index in [9.17, 15) is 9.90 Å². The zero-order valence-corrected chi connectivity index (χ0v) is 28.0. The minimum absolute atomic E-state index is 0.208. The smallest absolute Gasteiger partial charge is 0.253 e. The van der Waals surface area contributed by atoms with Crippen molar-refractivity contribution in [3.8, 4) is 0 Å². The fraction of sp³-hybridized carbons (Fsp3) is 0.375. The first-order valence-electron chi connectivity index (χ1n) is 16.8. The Kier molecular flexibility index (Phi) is 9.16. The molecule has 3 fully saturated rings. The quantitative estimate of drug-likeness (QED) is 0.246. The van der Waals surface area contributed by atoms with Gasteiger partial charge in [0, 0.05) is 24.5 Å². The third-order valence-electron chi connectivity index (χ3n) is 10.7. The van der Waals surface area contributed by atoms with Crippen molar-refractivity contribution in [2.24, 2.45) is 11.8 Å². The van der Waals surface area contributed by atoms with Crippen molar-refractivity contribution in [2.75, 3.05) is 29.5 Å². The Morgan fingerprint density at radius 3 is 2.23 bits per heavy atom. The van der Waals surface area contributed by atoms with Gasteiger partial charge in [-0.15, -0.1) is 13.2 Å². The fourth-order valence-electron chi connectivity index (χ4n) is 8.50. The van der Waals surface area contributed by atoms with Crippen LogP contribution in [-0.4, -0.2) is 64.7 Å². The van der Waals surface area contributed by atoms with Crippen LogP contribution in [0.15, 0.2) is 104 Å². The molecular formula is C40H45N3O5. The molecule has 1 spiro atoms. The molecule has 1 N–H and O–H groups in total. The number of ether oxygens (including phenoxy) is 1. The first-order valence-corrected chi connectivity index (χ1v) is 16.8. The second-order valence-corrected chi connectivity index (χ2v) is 13.3. The van der Waals surface area contributed by atoms with Crippen molar-refractivity contribution in [1.29, 1.82) is 0 Å². The van der Waals surface area contributed by atoms with E-state index >= 15 is 9.59 Å². The molecular weight excluding hydrogens is 602 g/mol. The van der Waals surface area contributed by atoms with E-state index in [0.29, 0.717) is 30.5 Å². The van der Waals surface area contributed by atoms with Crippen molar-refractivity contribution < 1.29 is 24.2 Å². The molecule has 3 heterocycles. The molecule has 6 atom stereocenters. The minimum Gasteiger partial charge on any atom is -0.394 e. The monoisotopic (exact) mass is 647 g/mol. The number of aryl methyl sites for hydroxylation is 2. The maximum atomic E-state index is 15.3. The number of amides is 3. The summed E-state index contributed by atoms with van der Waals surface area (Å²) in [6, 6.07) is 22.7. The number of fused-ring (bicyclic) bond motifs is 1. The molecule has 3 aromatic rings. The summed E-state index contributed by atoms with van der Waals surface area (Å²) >= 11 is 0. The van der Waals surface area contributed by atoms with Crippen LogP contribution < -0.4 is 9.80 Å². The number of carbonyl (C=O) groups is 3. The lowest BCUT2D eigenvalue weighted by Gasteiger charge is -2.40. The van der Waals surface area contributed by atoms with Gasteiger partial charge in [0.05, 0.1) is 30.1 Å². The number of para-hydroxylation sites is 1. The van der Waals surface area contributed by atoms with E-state index in [2.05, 4.69) is 13.2 Å². The Balaban J connectivity index is 1.53. The Bertz CT molecular complexity index is 1710. The molecule has 0 saturated carbocycles. The van der Waals surface area contributed by atoms with E-state index in [1.807, 2.05) is 99.6 Å². The number of aliphatic hydroxyl groups excluding tert-OH is 1. The minimum atomic E-state index is -1.28. The highest BCUT2D eigenvalue weighted by molar-refractivity contribution is 6.07. The van der Waals surface area contributed by atoms with Gasteiger partial charge in [0.1, 0.15) is 11.6 Å². The van der Waals surface area contributed by atoms with Crippen LogP contribution in [0, 0.1) is 25.7 Å². The number of likely N-dealkylation sites (tertiary alicyclic amines) is 1. The van der Waals surface area contributed by atoms with E-state index in [1.165, 1.54) is 4.90 Å². The summed E-state index contributed by atoms with van der Waals surface area (Å²) in [7, 11) is 0. The molecule has 6 rings (SSSR count). The molecule has 8 heteroatoms. The normalized spacial score (nSPS) is 26.2. The van der Waals surface area contributed by atoms with Crippen molar-refractivity contribution >= 4 is 29.1 Å². The summed E-state index contributed by atoms with van der Waals surface area (Å²) in [6.45, 7) is 13.8. The van der Waals surface area contributed by atoms with Gasteiger partial charge in [-0.05, 0) is 68.0 Å². The van der Waals surface area contributed by atoms with E-state index < -0.39 is 41.7 Å². The van der Waals surface area contributed by atoms with Crippen LogP contribution in [0.1, 0.15) is 48.9 Å². The van der Waals surface area contributed by atoms with Gasteiger partial charge in [-0.25, -0.2) is 0 Å². The summed E-state index contributed by atoms with van der Waals surface area (Å²) in [5, 5.41) is 10.9. The molecule has 48 heavy (non-hydrogen) atoms. The predicted octanol–water partition coefficient (Wildman–Crippen LogP) is 5.93. The van der Waals surface area contributed by atoms with Crippen LogP contribution in [0.5, 0.6) is 0 Å². The van der Waals surface area contributed by atoms with E-state index in [0.717, 1.165) is 16.8 Å². The summed E-state index contributed by atoms with van der Waals surface area (Å²) in [5.41, 5.74) is 1.80. The van der Waals surface area contributed by atoms with Gasteiger partial charge in [0.25, 0.3) is 5.91 Å². The zero-order valence-electron chi connectivity index (χ0n) is 28.0. The van der Waals surface area contributed by atoms with Gasteiger partial charge in [-0.3, -0.25) is 14.4 Å². The highest BCUT2D eigenvalue weighted by atomic mass is 16.5. The molecule has 3 aliphatic heterocycles. The Labute approximate surface area is 283 Å². The highest BCUT2D eigenvalue weighted by Crippen LogP contribution is 2.65. The van der Waals surface area contributed by atoms with Gasteiger partial charge in [-0.1, -0.05) is 79.7 Å². The van der Waals surface area contributed by atoms with Crippen molar-refractivity contribution in [3.63, 3.8) is 0 Å². The van der Waals surface area contributed by atoms with Gasteiger partial charge >= 0.3 is 0 Å². The van der Waals surface area contributed by atoms with Crippen LogP contribution in [0.2, 0.25) is 0 Å². The SMILES string of the molecule is C=CCN(C(=O)[C@@H]1[C@H]2C(=O)N([C@H](CO)c3ccccc3)C(C(=O)N(CC=C)c3cc(C)ccc3C)C23CC[C@@]1(CC)O3)c1ccccc1. The van der Waals surface area contributed by atoms with E-state index in [4.69, 9.17) is 4.74 Å². The largest absolute Gasteiger partial charge is 0.394 e. The summed E-state index contributed by atoms with van der Waals surface area (Å²) in [6.07, 6.45) is 4.82. The first kappa shape index (κ1) is 33.4. The molecule has 2 bridgehead atoms. The van der Waals surface area contributed by atoms with Crippen LogP contribution >= 0.6 is 0 Å². The summed E-state index contributed by atoms with van der Waals surface area (Å²) < 4.78 is 7.11. The number of rotatable bonds is 12. The Hall–Kier alpha value is -4.53. The average Bonchev–Trinajstić information content (AvgIpc) is 3.71. The lowest BCUT2D eigenvalue weighted by molar-refractivity contribution is -0.149. The second-order valence-electron chi connectivity index (χ2n) is 13.3. The molecule has 0 aromatic heterocycles. The molecule has 8 nitrogen and oxygen atoms in total. The number of benzene rings is 3. The molecule has 3 aliphatic rings. The molecule has 250 valence electrons. The molecule has 3 amide bonds. The van der Waals surface area contributed by atoms with E-state index in [-0.39, 0.29) is 30.8 Å². The topological polar surface area (TPSA) is 90.4 Å². The number of aliphatic hydroxyl groups is 1.